The standard InChI is InChI=1S/C19H21NO4/c1-11-14(17(21)22)16(13-9-7-6-8-10-13)15(12(2)20-11)18(23)24-19(3,4)5/h6-10H,1-5H3,(H,21,22). The van der Waals surface area contributed by atoms with Gasteiger partial charge >= 0.3 is 11.9 Å². The maximum Gasteiger partial charge on any atom is 0.341 e. The number of carboxylic acids is 1. The van der Waals surface area contributed by atoms with Crippen molar-refractivity contribution in [3.8, 4) is 11.1 Å². The monoisotopic (exact) mass is 327 g/mol. The zero-order valence-corrected chi connectivity index (χ0v) is 14.5. The molecule has 126 valence electrons. The van der Waals surface area contributed by atoms with Crippen molar-refractivity contribution in [1.29, 1.82) is 0 Å². The van der Waals surface area contributed by atoms with Gasteiger partial charge in [0.2, 0.25) is 0 Å². The number of pyridine rings is 1. The second-order valence-corrected chi connectivity index (χ2v) is 6.58. The Morgan fingerprint density at radius 3 is 2.04 bits per heavy atom. The van der Waals surface area contributed by atoms with Gasteiger partial charge in [-0.05, 0) is 40.2 Å². The van der Waals surface area contributed by atoms with Crippen LogP contribution >= 0.6 is 0 Å². The number of nitrogens with zero attached hydrogens (tertiary/aromatic N) is 1. The molecule has 5 heteroatoms. The van der Waals surface area contributed by atoms with Crippen LogP contribution in [0.1, 0.15) is 52.9 Å². The zero-order chi connectivity index (χ0) is 18.1. The number of ether oxygens (including phenoxy) is 1. The third-order valence-corrected chi connectivity index (χ3v) is 3.44. The molecule has 0 amide bonds. The summed E-state index contributed by atoms with van der Waals surface area (Å²) in [5.41, 5.74) is 1.33. The van der Waals surface area contributed by atoms with Crippen molar-refractivity contribution in [2.45, 2.75) is 40.2 Å². The van der Waals surface area contributed by atoms with Crippen LogP contribution in [0.15, 0.2) is 30.3 Å². The first-order valence-electron chi connectivity index (χ1n) is 7.65. The van der Waals surface area contributed by atoms with Gasteiger partial charge in [-0.25, -0.2) is 9.59 Å². The molecule has 0 atom stereocenters. The van der Waals surface area contributed by atoms with Gasteiger partial charge in [-0.15, -0.1) is 0 Å². The Hall–Kier alpha value is -2.69. The van der Waals surface area contributed by atoms with Crippen LogP contribution in [-0.2, 0) is 4.74 Å². The topological polar surface area (TPSA) is 76.5 Å². The SMILES string of the molecule is Cc1nc(C)c(C(=O)OC(C)(C)C)c(-c2ccccc2)c1C(=O)O. The van der Waals surface area contributed by atoms with Crippen LogP contribution in [0.5, 0.6) is 0 Å². The number of carbonyl (C=O) groups is 2. The van der Waals surface area contributed by atoms with Crippen molar-refractivity contribution in [3.63, 3.8) is 0 Å². The fourth-order valence-electron chi connectivity index (χ4n) is 2.58. The van der Waals surface area contributed by atoms with Gasteiger partial charge in [0, 0.05) is 5.56 Å². The number of hydrogen-bond donors (Lipinski definition) is 1. The number of carbonyl (C=O) groups excluding carboxylic acids is 1. The van der Waals surface area contributed by atoms with E-state index < -0.39 is 17.5 Å². The van der Waals surface area contributed by atoms with E-state index in [9.17, 15) is 14.7 Å². The van der Waals surface area contributed by atoms with Gasteiger partial charge in [0.05, 0.1) is 22.5 Å². The van der Waals surface area contributed by atoms with Crippen molar-refractivity contribution >= 4 is 11.9 Å². The second kappa shape index (κ2) is 6.43. The predicted octanol–water partition coefficient (Wildman–Crippen LogP) is 4.02. The molecular formula is C19H21NO4. The first kappa shape index (κ1) is 17.7. The molecule has 0 saturated heterocycles. The number of aromatic carboxylic acids is 1. The summed E-state index contributed by atoms with van der Waals surface area (Å²) < 4.78 is 5.47. The highest BCUT2D eigenvalue weighted by molar-refractivity contribution is 6.06. The van der Waals surface area contributed by atoms with Crippen molar-refractivity contribution in [1.82, 2.24) is 4.98 Å². The average Bonchev–Trinajstić information content (AvgIpc) is 2.44. The molecule has 24 heavy (non-hydrogen) atoms. The van der Waals surface area contributed by atoms with E-state index in [2.05, 4.69) is 4.98 Å². The Labute approximate surface area is 141 Å². The van der Waals surface area contributed by atoms with Crippen LogP contribution in [0.3, 0.4) is 0 Å². The van der Waals surface area contributed by atoms with Crippen LogP contribution in [0.25, 0.3) is 11.1 Å². The molecule has 0 radical (unpaired) electrons. The van der Waals surface area contributed by atoms with Gasteiger partial charge in [-0.3, -0.25) is 4.98 Å². The normalized spacial score (nSPS) is 11.2. The molecule has 0 spiro atoms. The van der Waals surface area contributed by atoms with Gasteiger partial charge in [0.15, 0.2) is 0 Å². The number of aryl methyl sites for hydroxylation is 2. The minimum atomic E-state index is -1.12. The van der Waals surface area contributed by atoms with E-state index in [1.54, 1.807) is 58.9 Å². The van der Waals surface area contributed by atoms with Crippen LogP contribution in [0.4, 0.5) is 0 Å². The molecule has 5 nitrogen and oxygen atoms in total. The summed E-state index contributed by atoms with van der Waals surface area (Å²) in [5, 5.41) is 9.65. The molecule has 0 bridgehead atoms. The number of aromatic nitrogens is 1. The van der Waals surface area contributed by atoms with E-state index in [1.165, 1.54) is 0 Å². The third-order valence-electron chi connectivity index (χ3n) is 3.44. The first-order valence-corrected chi connectivity index (χ1v) is 7.65. The summed E-state index contributed by atoms with van der Waals surface area (Å²) >= 11 is 0. The van der Waals surface area contributed by atoms with Crippen molar-refractivity contribution in [2.75, 3.05) is 0 Å². The van der Waals surface area contributed by atoms with Crippen molar-refractivity contribution in [2.24, 2.45) is 0 Å². The van der Waals surface area contributed by atoms with Gasteiger partial charge in [0.25, 0.3) is 0 Å². The smallest absolute Gasteiger partial charge is 0.341 e. The lowest BCUT2D eigenvalue weighted by molar-refractivity contribution is 0.00691. The maximum absolute atomic E-state index is 12.7. The quantitative estimate of drug-likeness (QED) is 0.862. The van der Waals surface area contributed by atoms with E-state index in [0.29, 0.717) is 22.5 Å². The fourth-order valence-corrected chi connectivity index (χ4v) is 2.58. The van der Waals surface area contributed by atoms with Crippen LogP contribution in [0.2, 0.25) is 0 Å². The molecule has 1 heterocycles. The first-order chi connectivity index (χ1) is 11.1. The molecule has 0 aliphatic heterocycles. The molecule has 0 aliphatic rings. The Morgan fingerprint density at radius 1 is 1.00 bits per heavy atom. The van der Waals surface area contributed by atoms with Crippen LogP contribution in [-0.4, -0.2) is 27.6 Å². The lowest BCUT2D eigenvalue weighted by atomic mass is 9.92. The molecule has 0 saturated carbocycles. The van der Waals surface area contributed by atoms with Gasteiger partial charge in [-0.2, -0.15) is 0 Å². The molecule has 2 rings (SSSR count). The lowest BCUT2D eigenvalue weighted by Gasteiger charge is -2.22. The summed E-state index contributed by atoms with van der Waals surface area (Å²) in [4.78, 5) is 28.8. The highest BCUT2D eigenvalue weighted by Crippen LogP contribution is 2.32. The summed E-state index contributed by atoms with van der Waals surface area (Å²) in [5.74, 6) is -1.70. The van der Waals surface area contributed by atoms with E-state index in [0.717, 1.165) is 0 Å². The van der Waals surface area contributed by atoms with Gasteiger partial charge in [-0.1, -0.05) is 30.3 Å². The number of esters is 1. The van der Waals surface area contributed by atoms with E-state index >= 15 is 0 Å². The van der Waals surface area contributed by atoms with Gasteiger partial charge < -0.3 is 9.84 Å². The summed E-state index contributed by atoms with van der Waals surface area (Å²) in [6.45, 7) is 8.61. The second-order valence-electron chi connectivity index (χ2n) is 6.58. The lowest BCUT2D eigenvalue weighted by Crippen LogP contribution is -2.26. The largest absolute Gasteiger partial charge is 0.478 e. The highest BCUT2D eigenvalue weighted by atomic mass is 16.6. The highest BCUT2D eigenvalue weighted by Gasteiger charge is 2.28. The molecule has 1 aromatic heterocycles. The van der Waals surface area contributed by atoms with Crippen molar-refractivity contribution < 1.29 is 19.4 Å². The maximum atomic E-state index is 12.7. The molecule has 0 unspecified atom stereocenters. The van der Waals surface area contributed by atoms with E-state index in [-0.39, 0.29) is 11.1 Å². The van der Waals surface area contributed by atoms with Crippen LogP contribution < -0.4 is 0 Å². The third kappa shape index (κ3) is 3.62. The average molecular weight is 327 g/mol. The molecule has 2 aromatic rings. The van der Waals surface area contributed by atoms with Crippen molar-refractivity contribution in [3.05, 3.63) is 52.8 Å². The van der Waals surface area contributed by atoms with Gasteiger partial charge in [0.1, 0.15) is 5.60 Å². The summed E-state index contributed by atoms with van der Waals surface area (Å²) in [7, 11) is 0. The molecule has 0 aliphatic carbocycles. The van der Waals surface area contributed by atoms with Crippen LogP contribution in [0, 0.1) is 13.8 Å². The van der Waals surface area contributed by atoms with E-state index in [4.69, 9.17) is 4.74 Å². The predicted molar refractivity (Wildman–Crippen MR) is 91.3 cm³/mol. The number of hydrogen-bond acceptors (Lipinski definition) is 4. The summed E-state index contributed by atoms with van der Waals surface area (Å²) in [6.07, 6.45) is 0. The Morgan fingerprint density at radius 2 is 1.54 bits per heavy atom. The number of benzene rings is 1. The zero-order valence-electron chi connectivity index (χ0n) is 14.5. The number of carboxylic acid groups (broad SMARTS) is 1. The molecule has 1 N–H and O–H groups in total. The molecule has 0 fully saturated rings. The minimum Gasteiger partial charge on any atom is -0.478 e. The summed E-state index contributed by atoms with van der Waals surface area (Å²) in [6, 6.07) is 8.97. The molecule has 1 aromatic carbocycles. The minimum absolute atomic E-state index is 0.0210. The molecular weight excluding hydrogens is 306 g/mol. The fraction of sp³-hybridized carbons (Fsp3) is 0.316. The van der Waals surface area contributed by atoms with E-state index in [1.807, 2.05) is 6.07 Å². The Kier molecular flexibility index (Phi) is 4.73. The Balaban J connectivity index is 2.81. The number of rotatable bonds is 3. The Bertz CT molecular complexity index is 789.